The van der Waals surface area contributed by atoms with Gasteiger partial charge in [0.05, 0.1) is 17.7 Å². The summed E-state index contributed by atoms with van der Waals surface area (Å²) in [6, 6.07) is 13.0. The molecule has 0 spiro atoms. The van der Waals surface area contributed by atoms with E-state index in [1.165, 1.54) is 23.5 Å². The van der Waals surface area contributed by atoms with Crippen molar-refractivity contribution in [3.8, 4) is 5.75 Å². The number of carbonyl (C=O) groups is 1. The predicted octanol–water partition coefficient (Wildman–Crippen LogP) is 4.42. The number of ether oxygens (including phenoxy) is 1. The van der Waals surface area contributed by atoms with Gasteiger partial charge in [0.15, 0.2) is 0 Å². The molecular weight excluding hydrogens is 400 g/mol. The zero-order chi connectivity index (χ0) is 22.3. The zero-order valence-corrected chi connectivity index (χ0v) is 19.3. The van der Waals surface area contributed by atoms with Crippen molar-refractivity contribution in [2.45, 2.75) is 38.5 Å². The minimum absolute atomic E-state index is 0.0882. The van der Waals surface area contributed by atoms with E-state index in [0.717, 1.165) is 12.8 Å². The summed E-state index contributed by atoms with van der Waals surface area (Å²) >= 11 is 0. The molecular formula is C23H32N2O4S. The molecule has 0 aliphatic heterocycles. The molecule has 0 radical (unpaired) electrons. The number of nitrogens with zero attached hydrogens (tertiary/aromatic N) is 2. The summed E-state index contributed by atoms with van der Waals surface area (Å²) in [5, 5.41) is 0. The molecule has 0 N–H and O–H groups in total. The monoisotopic (exact) mass is 432 g/mol. The fraction of sp³-hybridized carbons (Fsp3) is 0.435. The Kier molecular flexibility index (Phi) is 8.29. The van der Waals surface area contributed by atoms with Crippen LogP contribution >= 0.6 is 0 Å². The third-order valence-electron chi connectivity index (χ3n) is 5.48. The second kappa shape index (κ2) is 10.5. The highest BCUT2D eigenvalue weighted by molar-refractivity contribution is 7.92. The molecule has 6 nitrogen and oxygen atoms in total. The third-order valence-corrected chi connectivity index (χ3v) is 7.26. The fourth-order valence-electron chi connectivity index (χ4n) is 3.28. The fourth-order valence-corrected chi connectivity index (χ4v) is 4.52. The maximum Gasteiger partial charge on any atom is 0.264 e. The number of benzene rings is 2. The van der Waals surface area contributed by atoms with Gasteiger partial charge in [0, 0.05) is 25.7 Å². The first-order chi connectivity index (χ1) is 14.3. The standard InChI is InChI=1S/C23H32N2O4S/c1-6-18(7-2)17-25(8-3)23(26)19-10-9-11-22(16-19)30(27,28)24(4)20-12-14-21(29-5)15-13-20/h9-16,18H,6-8,17H2,1-5H3. The van der Waals surface area contributed by atoms with Crippen LogP contribution in [0.5, 0.6) is 5.75 Å². The molecule has 0 aromatic heterocycles. The van der Waals surface area contributed by atoms with Gasteiger partial charge in [-0.1, -0.05) is 32.8 Å². The van der Waals surface area contributed by atoms with Crippen LogP contribution in [0.25, 0.3) is 0 Å². The van der Waals surface area contributed by atoms with Crippen LogP contribution in [0.4, 0.5) is 5.69 Å². The van der Waals surface area contributed by atoms with Gasteiger partial charge in [-0.05, 0) is 55.3 Å². The zero-order valence-electron chi connectivity index (χ0n) is 18.5. The molecule has 0 saturated carbocycles. The van der Waals surface area contributed by atoms with Gasteiger partial charge in [-0.3, -0.25) is 9.10 Å². The van der Waals surface area contributed by atoms with E-state index in [0.29, 0.717) is 36.0 Å². The van der Waals surface area contributed by atoms with Gasteiger partial charge in [0.2, 0.25) is 0 Å². The number of sulfonamides is 1. The Bertz CT molecular complexity index is 938. The number of amides is 1. The van der Waals surface area contributed by atoms with E-state index in [-0.39, 0.29) is 10.8 Å². The van der Waals surface area contributed by atoms with Gasteiger partial charge >= 0.3 is 0 Å². The highest BCUT2D eigenvalue weighted by Crippen LogP contribution is 2.25. The molecule has 0 bridgehead atoms. The summed E-state index contributed by atoms with van der Waals surface area (Å²) in [6.45, 7) is 7.44. The van der Waals surface area contributed by atoms with Gasteiger partial charge in [0.25, 0.3) is 15.9 Å². The first kappa shape index (κ1) is 23.7. The first-order valence-electron chi connectivity index (χ1n) is 10.3. The van der Waals surface area contributed by atoms with Crippen molar-refractivity contribution in [1.82, 2.24) is 4.90 Å². The molecule has 0 aliphatic rings. The Morgan fingerprint density at radius 3 is 2.20 bits per heavy atom. The Morgan fingerprint density at radius 2 is 1.67 bits per heavy atom. The van der Waals surface area contributed by atoms with Gasteiger partial charge in [-0.15, -0.1) is 0 Å². The Labute approximate surface area is 180 Å². The topological polar surface area (TPSA) is 66.9 Å². The smallest absolute Gasteiger partial charge is 0.264 e. The molecule has 0 heterocycles. The van der Waals surface area contributed by atoms with E-state index in [1.807, 2.05) is 6.92 Å². The summed E-state index contributed by atoms with van der Waals surface area (Å²) < 4.78 is 32.6. The number of methoxy groups -OCH3 is 1. The highest BCUT2D eigenvalue weighted by Gasteiger charge is 2.24. The number of hydrogen-bond donors (Lipinski definition) is 0. The van der Waals surface area contributed by atoms with E-state index in [9.17, 15) is 13.2 Å². The number of carbonyl (C=O) groups excluding carboxylic acids is 1. The molecule has 30 heavy (non-hydrogen) atoms. The quantitative estimate of drug-likeness (QED) is 0.557. The van der Waals surface area contributed by atoms with Gasteiger partial charge in [0.1, 0.15) is 5.75 Å². The van der Waals surface area contributed by atoms with Gasteiger partial charge < -0.3 is 9.64 Å². The summed E-state index contributed by atoms with van der Waals surface area (Å²) in [6.07, 6.45) is 2.00. The highest BCUT2D eigenvalue weighted by atomic mass is 32.2. The lowest BCUT2D eigenvalue weighted by molar-refractivity contribution is 0.0734. The molecule has 0 atom stereocenters. The molecule has 0 unspecified atom stereocenters. The van der Waals surface area contributed by atoms with Gasteiger partial charge in [-0.2, -0.15) is 0 Å². The van der Waals surface area contributed by atoms with Crippen LogP contribution < -0.4 is 9.04 Å². The van der Waals surface area contributed by atoms with Crippen LogP contribution in [0.2, 0.25) is 0 Å². The number of anilines is 1. The van der Waals surface area contributed by atoms with Crippen molar-refractivity contribution < 1.29 is 17.9 Å². The molecule has 0 fully saturated rings. The SMILES string of the molecule is CCC(CC)CN(CC)C(=O)c1cccc(S(=O)(=O)N(C)c2ccc(OC)cc2)c1. The Hall–Kier alpha value is -2.54. The van der Waals surface area contributed by atoms with Crippen LogP contribution in [0.3, 0.4) is 0 Å². The van der Waals surface area contributed by atoms with Crippen molar-refractivity contribution in [2.75, 3.05) is 31.6 Å². The predicted molar refractivity (Wildman–Crippen MR) is 121 cm³/mol. The maximum atomic E-state index is 13.1. The van der Waals surface area contributed by atoms with E-state index < -0.39 is 10.0 Å². The molecule has 0 aliphatic carbocycles. The Morgan fingerprint density at radius 1 is 1.03 bits per heavy atom. The third kappa shape index (κ3) is 5.33. The van der Waals surface area contributed by atoms with Gasteiger partial charge in [-0.25, -0.2) is 8.42 Å². The molecule has 7 heteroatoms. The van der Waals surface area contributed by atoms with Crippen LogP contribution in [-0.2, 0) is 10.0 Å². The Balaban J connectivity index is 2.30. The van der Waals surface area contributed by atoms with Crippen molar-refractivity contribution in [2.24, 2.45) is 5.92 Å². The van der Waals surface area contributed by atoms with E-state index in [1.54, 1.807) is 48.4 Å². The van der Waals surface area contributed by atoms with Crippen molar-refractivity contribution in [1.29, 1.82) is 0 Å². The lowest BCUT2D eigenvalue weighted by Crippen LogP contribution is -2.35. The van der Waals surface area contributed by atoms with E-state index in [2.05, 4.69) is 13.8 Å². The summed E-state index contributed by atoms with van der Waals surface area (Å²) in [7, 11) is -0.757. The van der Waals surface area contributed by atoms with Crippen LogP contribution in [-0.4, -0.2) is 46.5 Å². The van der Waals surface area contributed by atoms with E-state index in [4.69, 9.17) is 4.74 Å². The molecule has 2 aromatic rings. The lowest BCUT2D eigenvalue weighted by Gasteiger charge is -2.26. The summed E-state index contributed by atoms with van der Waals surface area (Å²) in [5.41, 5.74) is 0.892. The van der Waals surface area contributed by atoms with Crippen LogP contribution in [0.15, 0.2) is 53.4 Å². The molecule has 0 saturated heterocycles. The average molecular weight is 433 g/mol. The first-order valence-corrected chi connectivity index (χ1v) is 11.7. The minimum atomic E-state index is -3.81. The van der Waals surface area contributed by atoms with Crippen molar-refractivity contribution >= 4 is 21.6 Å². The van der Waals surface area contributed by atoms with Crippen molar-refractivity contribution in [3.05, 3.63) is 54.1 Å². The second-order valence-electron chi connectivity index (χ2n) is 7.22. The molecule has 1 amide bonds. The maximum absolute atomic E-state index is 13.1. The van der Waals surface area contributed by atoms with Crippen molar-refractivity contribution in [3.63, 3.8) is 0 Å². The number of rotatable bonds is 10. The number of hydrogen-bond acceptors (Lipinski definition) is 4. The normalized spacial score (nSPS) is 11.4. The molecule has 164 valence electrons. The summed E-state index contributed by atoms with van der Waals surface area (Å²) in [4.78, 5) is 14.9. The molecule has 2 rings (SSSR count). The second-order valence-corrected chi connectivity index (χ2v) is 9.19. The minimum Gasteiger partial charge on any atom is -0.497 e. The largest absolute Gasteiger partial charge is 0.497 e. The lowest BCUT2D eigenvalue weighted by atomic mass is 10.0. The average Bonchev–Trinajstić information content (AvgIpc) is 2.79. The summed E-state index contributed by atoms with van der Waals surface area (Å²) in [5.74, 6) is 0.935. The molecule has 2 aromatic carbocycles. The van der Waals surface area contributed by atoms with Crippen LogP contribution in [0, 0.1) is 5.92 Å². The van der Waals surface area contributed by atoms with Crippen LogP contribution in [0.1, 0.15) is 44.0 Å². The van der Waals surface area contributed by atoms with E-state index >= 15 is 0 Å².